The van der Waals surface area contributed by atoms with E-state index in [-0.39, 0.29) is 5.91 Å². The van der Waals surface area contributed by atoms with Crippen LogP contribution in [0.4, 0.5) is 5.69 Å². The molecule has 0 bridgehead atoms. The summed E-state index contributed by atoms with van der Waals surface area (Å²) in [5.74, 6) is -0.137. The molecule has 22 heavy (non-hydrogen) atoms. The van der Waals surface area contributed by atoms with Crippen molar-refractivity contribution in [2.24, 2.45) is 0 Å². The second kappa shape index (κ2) is 6.66. The van der Waals surface area contributed by atoms with Crippen LogP contribution in [0, 0.1) is 0 Å². The van der Waals surface area contributed by atoms with E-state index >= 15 is 0 Å². The lowest BCUT2D eigenvalue weighted by atomic mass is 10.2. The fourth-order valence-electron chi connectivity index (χ4n) is 2.75. The molecule has 0 spiro atoms. The number of likely N-dealkylation sites (N-methyl/N-ethyl adjacent to an activating group) is 1. The highest BCUT2D eigenvalue weighted by Gasteiger charge is 2.33. The molecule has 1 heterocycles. The number of sulfonamides is 1. The number of carbonyl (C=O) groups excluding carboxylic acids is 1. The topological polar surface area (TPSA) is 62.1 Å². The average molecular weight is 326 g/mol. The number of quaternary nitrogens is 1. The van der Waals surface area contributed by atoms with Gasteiger partial charge < -0.3 is 9.80 Å². The zero-order chi connectivity index (χ0) is 16.3. The monoisotopic (exact) mass is 326 g/mol. The van der Waals surface area contributed by atoms with Crippen LogP contribution in [0.15, 0.2) is 30.3 Å². The van der Waals surface area contributed by atoms with E-state index in [2.05, 4.69) is 7.05 Å². The summed E-state index contributed by atoms with van der Waals surface area (Å²) in [7, 11) is -1.44. The fraction of sp³-hybridized carbons (Fsp3) is 0.533. The number of hydrogen-bond donors (Lipinski definition) is 1. The Hall–Kier alpha value is -1.60. The molecule has 6 nitrogen and oxygen atoms in total. The molecule has 1 atom stereocenters. The van der Waals surface area contributed by atoms with E-state index in [1.807, 2.05) is 6.07 Å². The van der Waals surface area contributed by atoms with E-state index in [4.69, 9.17) is 0 Å². The molecule has 0 aromatic heterocycles. The lowest BCUT2D eigenvalue weighted by Gasteiger charge is -2.35. The molecule has 1 aliphatic heterocycles. The van der Waals surface area contributed by atoms with Gasteiger partial charge in [0, 0.05) is 0 Å². The van der Waals surface area contributed by atoms with Crippen molar-refractivity contribution in [1.82, 2.24) is 4.90 Å². The SMILES string of the molecule is C[C@H](C(=O)N1CC[NH+](C)CC1)N(c1ccccc1)S(C)(=O)=O. The van der Waals surface area contributed by atoms with Gasteiger partial charge in [0.05, 0.1) is 45.2 Å². The van der Waals surface area contributed by atoms with Crippen molar-refractivity contribution in [3.63, 3.8) is 0 Å². The van der Waals surface area contributed by atoms with Crippen molar-refractivity contribution in [3.8, 4) is 0 Å². The van der Waals surface area contributed by atoms with Gasteiger partial charge in [-0.15, -0.1) is 0 Å². The molecular formula is C15H24N3O3S+. The highest BCUT2D eigenvalue weighted by molar-refractivity contribution is 7.92. The Balaban J connectivity index is 2.23. The average Bonchev–Trinajstić information content (AvgIpc) is 2.47. The number of benzene rings is 1. The molecule has 0 aliphatic carbocycles. The number of rotatable bonds is 4. The third kappa shape index (κ3) is 3.78. The quantitative estimate of drug-likeness (QED) is 0.788. The number of nitrogens with zero attached hydrogens (tertiary/aromatic N) is 2. The van der Waals surface area contributed by atoms with Gasteiger partial charge in [-0.3, -0.25) is 9.10 Å². The van der Waals surface area contributed by atoms with Crippen LogP contribution in [-0.2, 0) is 14.8 Å². The van der Waals surface area contributed by atoms with Crippen molar-refractivity contribution >= 4 is 21.6 Å². The Kier molecular flexibility index (Phi) is 5.08. The highest BCUT2D eigenvalue weighted by Crippen LogP contribution is 2.21. The van der Waals surface area contributed by atoms with Gasteiger partial charge in [0.25, 0.3) is 0 Å². The Morgan fingerprint density at radius 2 is 1.77 bits per heavy atom. The van der Waals surface area contributed by atoms with Gasteiger partial charge in [-0.1, -0.05) is 18.2 Å². The van der Waals surface area contributed by atoms with Crippen molar-refractivity contribution < 1.29 is 18.1 Å². The molecule has 2 rings (SSSR count). The first-order valence-corrected chi connectivity index (χ1v) is 9.30. The predicted octanol–water partition coefficient (Wildman–Crippen LogP) is -0.802. The van der Waals surface area contributed by atoms with Crippen molar-refractivity contribution in [2.45, 2.75) is 13.0 Å². The second-order valence-corrected chi connectivity index (χ2v) is 7.71. The summed E-state index contributed by atoms with van der Waals surface area (Å²) in [4.78, 5) is 15.8. The van der Waals surface area contributed by atoms with E-state index in [9.17, 15) is 13.2 Å². The maximum atomic E-state index is 12.7. The minimum absolute atomic E-state index is 0.137. The Morgan fingerprint density at radius 3 is 2.27 bits per heavy atom. The predicted molar refractivity (Wildman–Crippen MR) is 86.4 cm³/mol. The third-order valence-corrected chi connectivity index (χ3v) is 5.25. The molecule has 1 N–H and O–H groups in total. The van der Waals surface area contributed by atoms with E-state index in [0.29, 0.717) is 18.8 Å². The standard InChI is InChI=1S/C15H23N3O3S/c1-13(15(19)17-11-9-16(2)10-12-17)18(22(3,20)21)14-7-5-4-6-8-14/h4-8,13H,9-12H2,1-3H3/p+1/t13-/m1/s1. The van der Waals surface area contributed by atoms with Crippen LogP contribution in [-0.4, -0.2) is 64.7 Å². The lowest BCUT2D eigenvalue weighted by molar-refractivity contribution is -0.883. The van der Waals surface area contributed by atoms with Gasteiger partial charge in [-0.25, -0.2) is 8.42 Å². The van der Waals surface area contributed by atoms with Gasteiger partial charge in [-0.05, 0) is 19.1 Å². The highest BCUT2D eigenvalue weighted by atomic mass is 32.2. The summed E-state index contributed by atoms with van der Waals surface area (Å²) in [5.41, 5.74) is 0.519. The molecule has 0 radical (unpaired) electrons. The first kappa shape index (κ1) is 16.8. The van der Waals surface area contributed by atoms with Crippen LogP contribution < -0.4 is 9.21 Å². The summed E-state index contributed by atoms with van der Waals surface area (Å²) in [5, 5.41) is 0. The molecule has 0 saturated carbocycles. The third-order valence-electron chi connectivity index (χ3n) is 4.01. The maximum absolute atomic E-state index is 12.7. The Labute approximate surface area is 132 Å². The largest absolute Gasteiger partial charge is 0.334 e. The van der Waals surface area contributed by atoms with Gasteiger partial charge in [0.1, 0.15) is 6.04 Å². The molecule has 1 aliphatic rings. The van der Waals surface area contributed by atoms with E-state index in [1.54, 1.807) is 36.1 Å². The normalized spacial score (nSPS) is 18.0. The molecule has 1 fully saturated rings. The van der Waals surface area contributed by atoms with Crippen LogP contribution in [0.1, 0.15) is 6.92 Å². The lowest BCUT2D eigenvalue weighted by Crippen LogP contribution is -3.12. The van der Waals surface area contributed by atoms with E-state index in [0.717, 1.165) is 19.3 Å². The number of hydrogen-bond acceptors (Lipinski definition) is 3. The van der Waals surface area contributed by atoms with E-state index in [1.165, 1.54) is 9.21 Å². The maximum Gasteiger partial charge on any atom is 0.246 e. The van der Waals surface area contributed by atoms with Crippen LogP contribution in [0.2, 0.25) is 0 Å². The van der Waals surface area contributed by atoms with Gasteiger partial charge in [-0.2, -0.15) is 0 Å². The molecule has 122 valence electrons. The Morgan fingerprint density at radius 1 is 1.23 bits per heavy atom. The minimum Gasteiger partial charge on any atom is -0.334 e. The first-order chi connectivity index (χ1) is 10.3. The summed E-state index contributed by atoms with van der Waals surface area (Å²) >= 11 is 0. The number of piperazine rings is 1. The second-order valence-electron chi connectivity index (χ2n) is 5.85. The molecular weight excluding hydrogens is 302 g/mol. The zero-order valence-corrected chi connectivity index (χ0v) is 14.1. The number of anilines is 1. The number of para-hydroxylation sites is 1. The van der Waals surface area contributed by atoms with Crippen LogP contribution in [0.3, 0.4) is 0 Å². The smallest absolute Gasteiger partial charge is 0.246 e. The summed E-state index contributed by atoms with van der Waals surface area (Å²) < 4.78 is 25.5. The van der Waals surface area contributed by atoms with Crippen LogP contribution in [0.5, 0.6) is 0 Å². The number of amides is 1. The molecule has 1 aromatic carbocycles. The van der Waals surface area contributed by atoms with Gasteiger partial charge >= 0.3 is 0 Å². The number of nitrogens with one attached hydrogen (secondary N) is 1. The van der Waals surface area contributed by atoms with E-state index < -0.39 is 16.1 Å². The molecule has 7 heteroatoms. The number of carbonyl (C=O) groups is 1. The molecule has 1 amide bonds. The molecule has 1 aromatic rings. The van der Waals surface area contributed by atoms with Crippen molar-refractivity contribution in [3.05, 3.63) is 30.3 Å². The van der Waals surface area contributed by atoms with Crippen LogP contribution >= 0.6 is 0 Å². The van der Waals surface area contributed by atoms with Gasteiger partial charge in [0.2, 0.25) is 15.9 Å². The fourth-order valence-corrected chi connectivity index (χ4v) is 3.92. The summed E-state index contributed by atoms with van der Waals surface area (Å²) in [6.45, 7) is 4.77. The minimum atomic E-state index is -3.53. The van der Waals surface area contributed by atoms with Crippen molar-refractivity contribution in [1.29, 1.82) is 0 Å². The first-order valence-electron chi connectivity index (χ1n) is 7.45. The van der Waals surface area contributed by atoms with Gasteiger partial charge in [0.15, 0.2) is 0 Å². The Bertz CT molecular complexity index is 610. The van der Waals surface area contributed by atoms with Crippen molar-refractivity contribution in [2.75, 3.05) is 43.8 Å². The zero-order valence-electron chi connectivity index (χ0n) is 13.3. The van der Waals surface area contributed by atoms with Crippen LogP contribution in [0.25, 0.3) is 0 Å². The summed E-state index contributed by atoms with van der Waals surface area (Å²) in [6, 6.07) is 8.03. The molecule has 0 unspecified atom stereocenters. The summed E-state index contributed by atoms with van der Waals surface area (Å²) in [6.07, 6.45) is 1.14. The molecule has 1 saturated heterocycles.